The normalized spacial score (nSPS) is 12.6. The zero-order chi connectivity index (χ0) is 28.4. The molecule has 5 rings (SSSR count). The van der Waals surface area contributed by atoms with Crippen LogP contribution in [0.5, 0.6) is 0 Å². The molecule has 41 heavy (non-hydrogen) atoms. The molecule has 1 N–H and O–H groups in total. The SMILES string of the molecule is CCCN(CCC)Cc1ccc(CC(=O)c2ccc(CN(CC3=Nc4ccccc4C3)Cc3ncc[nH]3)cc2)cc1. The number of rotatable bonds is 15. The van der Waals surface area contributed by atoms with E-state index in [9.17, 15) is 4.79 Å². The van der Waals surface area contributed by atoms with Crippen LogP contribution in [0, 0.1) is 0 Å². The summed E-state index contributed by atoms with van der Waals surface area (Å²) in [5, 5.41) is 0. The Labute approximate surface area is 244 Å². The van der Waals surface area contributed by atoms with Gasteiger partial charge in [0.15, 0.2) is 5.78 Å². The van der Waals surface area contributed by atoms with E-state index in [4.69, 9.17) is 4.99 Å². The van der Waals surface area contributed by atoms with Gasteiger partial charge in [-0.25, -0.2) is 4.98 Å². The van der Waals surface area contributed by atoms with Crippen LogP contribution in [0.4, 0.5) is 5.69 Å². The largest absolute Gasteiger partial charge is 0.348 e. The number of aromatic nitrogens is 2. The third kappa shape index (κ3) is 8.09. The summed E-state index contributed by atoms with van der Waals surface area (Å²) in [6.07, 6.45) is 7.28. The molecule has 0 spiro atoms. The van der Waals surface area contributed by atoms with Crippen LogP contribution in [-0.2, 0) is 32.5 Å². The van der Waals surface area contributed by atoms with Gasteiger partial charge in [0.25, 0.3) is 0 Å². The lowest BCUT2D eigenvalue weighted by atomic mass is 10.0. The number of benzene rings is 3. The molecule has 212 valence electrons. The summed E-state index contributed by atoms with van der Waals surface area (Å²) >= 11 is 0. The van der Waals surface area contributed by atoms with Gasteiger partial charge in [0.2, 0.25) is 0 Å². The van der Waals surface area contributed by atoms with Gasteiger partial charge in [0.05, 0.1) is 12.2 Å². The lowest BCUT2D eigenvalue weighted by Crippen LogP contribution is -2.29. The number of hydrogen-bond donors (Lipinski definition) is 1. The van der Waals surface area contributed by atoms with Crippen LogP contribution in [0.15, 0.2) is 90.2 Å². The molecule has 0 bridgehead atoms. The first-order valence-electron chi connectivity index (χ1n) is 14.9. The van der Waals surface area contributed by atoms with Crippen molar-refractivity contribution in [2.24, 2.45) is 4.99 Å². The number of hydrogen-bond acceptors (Lipinski definition) is 5. The number of Topliss-reactive ketones (excluding diaryl/α,β-unsaturated/α-hetero) is 1. The highest BCUT2D eigenvalue weighted by Gasteiger charge is 2.18. The Morgan fingerprint density at radius 3 is 2.10 bits per heavy atom. The molecule has 0 fully saturated rings. The molecule has 1 aliphatic rings. The average molecular weight is 548 g/mol. The van der Waals surface area contributed by atoms with Gasteiger partial charge >= 0.3 is 0 Å². The quantitative estimate of drug-likeness (QED) is 0.167. The van der Waals surface area contributed by atoms with Gasteiger partial charge in [0, 0.05) is 56.1 Å². The third-order valence-electron chi connectivity index (χ3n) is 7.55. The fourth-order valence-electron chi connectivity index (χ4n) is 5.58. The molecule has 3 aromatic carbocycles. The maximum absolute atomic E-state index is 13.1. The number of imidazole rings is 1. The van der Waals surface area contributed by atoms with Crippen LogP contribution in [0.1, 0.15) is 65.1 Å². The van der Waals surface area contributed by atoms with Crippen LogP contribution in [0.2, 0.25) is 0 Å². The molecule has 0 aliphatic carbocycles. The molecule has 6 nitrogen and oxygen atoms in total. The number of nitrogens with zero attached hydrogens (tertiary/aromatic N) is 4. The number of fused-ring (bicyclic) bond motifs is 1. The lowest BCUT2D eigenvalue weighted by molar-refractivity contribution is 0.0993. The Morgan fingerprint density at radius 2 is 1.44 bits per heavy atom. The van der Waals surface area contributed by atoms with E-state index in [2.05, 4.69) is 88.2 Å². The molecular weight excluding hydrogens is 506 g/mol. The van der Waals surface area contributed by atoms with Gasteiger partial charge in [-0.2, -0.15) is 0 Å². The van der Waals surface area contributed by atoms with Crippen LogP contribution in [0.3, 0.4) is 0 Å². The Bertz CT molecular complexity index is 1420. The Hall–Kier alpha value is -3.87. The first-order chi connectivity index (χ1) is 20.1. The maximum atomic E-state index is 13.1. The van der Waals surface area contributed by atoms with Crippen molar-refractivity contribution < 1.29 is 4.79 Å². The standard InChI is InChI=1S/C35H41N5O/c1-3-19-39(20-4-2)23-28-11-9-27(10-12-28)21-34(41)30-15-13-29(14-16-30)24-40(26-35-36-17-18-37-35)25-32-22-31-7-5-6-8-33(31)38-32/h5-18H,3-4,19-26H2,1-2H3,(H,36,37). The van der Waals surface area contributed by atoms with Crippen molar-refractivity contribution in [2.75, 3.05) is 19.6 Å². The average Bonchev–Trinajstić information content (AvgIpc) is 3.64. The summed E-state index contributed by atoms with van der Waals surface area (Å²) in [6, 6.07) is 25.0. The molecule has 4 aromatic rings. The number of nitrogens with one attached hydrogen (secondary N) is 1. The molecule has 0 unspecified atom stereocenters. The van der Waals surface area contributed by atoms with E-state index in [1.54, 1.807) is 6.20 Å². The first-order valence-corrected chi connectivity index (χ1v) is 14.9. The molecule has 0 radical (unpaired) electrons. The van der Waals surface area contributed by atoms with E-state index in [0.717, 1.165) is 80.2 Å². The molecule has 1 aliphatic heterocycles. The fraction of sp³-hybridized carbons (Fsp3) is 0.343. The van der Waals surface area contributed by atoms with E-state index in [1.165, 1.54) is 16.8 Å². The zero-order valence-corrected chi connectivity index (χ0v) is 24.4. The minimum Gasteiger partial charge on any atom is -0.348 e. The Kier molecular flexibility index (Phi) is 9.89. The fourth-order valence-corrected chi connectivity index (χ4v) is 5.58. The Morgan fingerprint density at radius 1 is 0.780 bits per heavy atom. The molecular formula is C35H41N5O. The zero-order valence-electron chi connectivity index (χ0n) is 24.4. The van der Waals surface area contributed by atoms with Gasteiger partial charge in [-0.1, -0.05) is 80.6 Å². The molecule has 0 amide bonds. The topological polar surface area (TPSA) is 64.6 Å². The van der Waals surface area contributed by atoms with Gasteiger partial charge < -0.3 is 4.98 Å². The second-order valence-electron chi connectivity index (χ2n) is 11.1. The number of aliphatic imine (C=N–C) groups is 1. The van der Waals surface area contributed by atoms with Crippen molar-refractivity contribution >= 4 is 17.2 Å². The molecule has 0 saturated carbocycles. The van der Waals surface area contributed by atoms with Crippen LogP contribution in [-0.4, -0.2) is 50.9 Å². The number of H-pyrrole nitrogens is 1. The van der Waals surface area contributed by atoms with E-state index < -0.39 is 0 Å². The maximum Gasteiger partial charge on any atom is 0.167 e. The highest BCUT2D eigenvalue weighted by atomic mass is 16.1. The Balaban J connectivity index is 1.19. The van der Waals surface area contributed by atoms with Crippen molar-refractivity contribution in [1.82, 2.24) is 19.8 Å². The predicted molar refractivity (Wildman–Crippen MR) is 167 cm³/mol. The number of aromatic amines is 1. The second kappa shape index (κ2) is 14.2. The van der Waals surface area contributed by atoms with Gasteiger partial charge in [-0.3, -0.25) is 19.6 Å². The van der Waals surface area contributed by atoms with Crippen molar-refractivity contribution in [3.05, 3.63) is 119 Å². The van der Waals surface area contributed by atoms with E-state index >= 15 is 0 Å². The van der Waals surface area contributed by atoms with Crippen LogP contribution < -0.4 is 0 Å². The van der Waals surface area contributed by atoms with Crippen molar-refractivity contribution in [3.8, 4) is 0 Å². The van der Waals surface area contributed by atoms with Crippen LogP contribution >= 0.6 is 0 Å². The summed E-state index contributed by atoms with van der Waals surface area (Å²) in [5.74, 6) is 1.08. The molecule has 1 aromatic heterocycles. The van der Waals surface area contributed by atoms with E-state index in [0.29, 0.717) is 13.0 Å². The third-order valence-corrected chi connectivity index (χ3v) is 7.55. The van der Waals surface area contributed by atoms with Crippen LogP contribution in [0.25, 0.3) is 0 Å². The number of para-hydroxylation sites is 1. The highest BCUT2D eigenvalue weighted by Crippen LogP contribution is 2.26. The summed E-state index contributed by atoms with van der Waals surface area (Å²) in [7, 11) is 0. The summed E-state index contributed by atoms with van der Waals surface area (Å²) in [6.45, 7) is 9.88. The van der Waals surface area contributed by atoms with Gasteiger partial charge in [-0.15, -0.1) is 0 Å². The summed E-state index contributed by atoms with van der Waals surface area (Å²) in [4.78, 5) is 30.5. The number of carbonyl (C=O) groups is 1. The number of carbonyl (C=O) groups excluding carboxylic acids is 1. The highest BCUT2D eigenvalue weighted by molar-refractivity contribution is 5.97. The van der Waals surface area contributed by atoms with E-state index in [-0.39, 0.29) is 5.78 Å². The molecule has 6 heteroatoms. The van der Waals surface area contributed by atoms with Gasteiger partial charge in [0.1, 0.15) is 5.82 Å². The monoisotopic (exact) mass is 547 g/mol. The summed E-state index contributed by atoms with van der Waals surface area (Å²) in [5.41, 5.74) is 7.81. The number of ketones is 1. The molecule has 0 saturated heterocycles. The second-order valence-corrected chi connectivity index (χ2v) is 11.1. The van der Waals surface area contributed by atoms with Crippen molar-refractivity contribution in [3.63, 3.8) is 0 Å². The van der Waals surface area contributed by atoms with E-state index in [1.807, 2.05) is 24.4 Å². The first kappa shape index (κ1) is 28.7. The van der Waals surface area contributed by atoms with Crippen molar-refractivity contribution in [1.29, 1.82) is 0 Å². The molecule has 2 heterocycles. The smallest absolute Gasteiger partial charge is 0.167 e. The van der Waals surface area contributed by atoms with Gasteiger partial charge in [-0.05, 0) is 54.3 Å². The molecule has 0 atom stereocenters. The summed E-state index contributed by atoms with van der Waals surface area (Å²) < 4.78 is 0. The minimum atomic E-state index is 0.147. The lowest BCUT2D eigenvalue weighted by Gasteiger charge is -2.21. The van der Waals surface area contributed by atoms with Crippen molar-refractivity contribution in [2.45, 2.75) is 59.2 Å². The predicted octanol–water partition coefficient (Wildman–Crippen LogP) is 6.79. The minimum absolute atomic E-state index is 0.147.